The zero-order valence-electron chi connectivity index (χ0n) is 13.9. The molecule has 25 heavy (non-hydrogen) atoms. The molecule has 0 saturated carbocycles. The number of hydrogen-bond donors (Lipinski definition) is 1. The summed E-state index contributed by atoms with van der Waals surface area (Å²) in [4.78, 5) is 24.4. The van der Waals surface area contributed by atoms with E-state index < -0.39 is 0 Å². The second-order valence-corrected chi connectivity index (χ2v) is 6.35. The number of nitrogens with one attached hydrogen (secondary N) is 1. The number of fused-ring (bicyclic) bond motifs is 2. The predicted octanol–water partition coefficient (Wildman–Crippen LogP) is 2.32. The molecule has 1 aliphatic carbocycles. The van der Waals surface area contributed by atoms with Gasteiger partial charge in [-0.15, -0.1) is 0 Å². The Bertz CT molecular complexity index is 1010. The average Bonchev–Trinajstić information content (AvgIpc) is 3.08. The predicted molar refractivity (Wildman–Crippen MR) is 96.8 cm³/mol. The molecule has 1 aliphatic rings. The van der Waals surface area contributed by atoms with E-state index in [0.29, 0.717) is 18.7 Å². The molecule has 3 aromatic rings. The second kappa shape index (κ2) is 6.51. The molecule has 1 heterocycles. The Kier molecular flexibility index (Phi) is 4.06. The van der Waals surface area contributed by atoms with Crippen molar-refractivity contribution in [2.75, 3.05) is 6.54 Å². The van der Waals surface area contributed by atoms with Crippen LogP contribution < -0.4 is 10.9 Å². The highest BCUT2D eigenvalue weighted by molar-refractivity contribution is 5.98. The molecule has 1 amide bonds. The summed E-state index contributed by atoms with van der Waals surface area (Å²) in [6.07, 6.45) is 2.93. The lowest BCUT2D eigenvalue weighted by atomic mass is 10.1. The first-order valence-corrected chi connectivity index (χ1v) is 8.58. The van der Waals surface area contributed by atoms with Crippen LogP contribution in [0.5, 0.6) is 0 Å². The minimum atomic E-state index is -0.139. The van der Waals surface area contributed by atoms with Crippen LogP contribution in [0, 0.1) is 0 Å². The van der Waals surface area contributed by atoms with E-state index in [4.69, 9.17) is 0 Å². The fourth-order valence-corrected chi connectivity index (χ4v) is 3.31. The molecule has 126 valence electrons. The maximum absolute atomic E-state index is 12.3. The van der Waals surface area contributed by atoms with Crippen LogP contribution in [0.4, 0.5) is 0 Å². The van der Waals surface area contributed by atoms with Crippen LogP contribution in [0.25, 0.3) is 10.8 Å². The van der Waals surface area contributed by atoms with Gasteiger partial charge in [-0.1, -0.05) is 30.3 Å². The van der Waals surface area contributed by atoms with Crippen LogP contribution >= 0.6 is 0 Å². The third kappa shape index (κ3) is 3.18. The molecule has 0 saturated heterocycles. The van der Waals surface area contributed by atoms with Crippen LogP contribution in [0.3, 0.4) is 0 Å². The lowest BCUT2D eigenvalue weighted by Crippen LogP contribution is -2.32. The summed E-state index contributed by atoms with van der Waals surface area (Å²) in [5.41, 5.74) is 2.61. The van der Waals surface area contributed by atoms with Crippen molar-refractivity contribution in [2.45, 2.75) is 25.8 Å². The van der Waals surface area contributed by atoms with Crippen molar-refractivity contribution in [3.8, 4) is 0 Å². The standard InChI is InChI=1S/C20H19N3O2/c24-19-13-16-6-3-7-18(16)22-23(19)11-10-21-20(25)17-9-8-14-4-1-2-5-15(14)12-17/h1-2,4-5,8-9,12-13H,3,6-7,10-11H2,(H,21,25). The Morgan fingerprint density at radius 1 is 1.08 bits per heavy atom. The van der Waals surface area contributed by atoms with E-state index in [9.17, 15) is 9.59 Å². The fraction of sp³-hybridized carbons (Fsp3) is 0.250. The zero-order valence-corrected chi connectivity index (χ0v) is 13.9. The highest BCUT2D eigenvalue weighted by atomic mass is 16.1. The van der Waals surface area contributed by atoms with E-state index in [-0.39, 0.29) is 11.5 Å². The Labute approximate surface area is 145 Å². The molecule has 0 aliphatic heterocycles. The van der Waals surface area contributed by atoms with Gasteiger partial charge in [0.2, 0.25) is 0 Å². The van der Waals surface area contributed by atoms with Crippen LogP contribution in [0.2, 0.25) is 0 Å². The maximum atomic E-state index is 12.3. The van der Waals surface area contributed by atoms with Gasteiger partial charge in [0.15, 0.2) is 0 Å². The van der Waals surface area contributed by atoms with Gasteiger partial charge in [-0.05, 0) is 47.7 Å². The van der Waals surface area contributed by atoms with Gasteiger partial charge in [-0.3, -0.25) is 9.59 Å². The average molecular weight is 333 g/mol. The molecule has 5 heteroatoms. The summed E-state index contributed by atoms with van der Waals surface area (Å²) in [5.74, 6) is -0.139. The Morgan fingerprint density at radius 3 is 2.80 bits per heavy atom. The second-order valence-electron chi connectivity index (χ2n) is 6.35. The molecule has 4 rings (SSSR count). The number of amides is 1. The van der Waals surface area contributed by atoms with Crippen molar-refractivity contribution >= 4 is 16.7 Å². The molecular formula is C20H19N3O2. The number of nitrogens with zero attached hydrogens (tertiary/aromatic N) is 2. The Morgan fingerprint density at radius 2 is 1.92 bits per heavy atom. The van der Waals surface area contributed by atoms with Gasteiger partial charge in [-0.2, -0.15) is 5.10 Å². The molecule has 1 N–H and O–H groups in total. The van der Waals surface area contributed by atoms with Gasteiger partial charge in [0, 0.05) is 18.2 Å². The number of benzene rings is 2. The van der Waals surface area contributed by atoms with Crippen molar-refractivity contribution < 1.29 is 4.79 Å². The van der Waals surface area contributed by atoms with Gasteiger partial charge in [0.25, 0.3) is 11.5 Å². The minimum absolute atomic E-state index is 0.0967. The molecular weight excluding hydrogens is 314 g/mol. The first-order valence-electron chi connectivity index (χ1n) is 8.58. The molecule has 0 spiro atoms. The third-order valence-electron chi connectivity index (χ3n) is 4.64. The van der Waals surface area contributed by atoms with Crippen molar-refractivity contribution in [3.63, 3.8) is 0 Å². The monoisotopic (exact) mass is 333 g/mol. The lowest BCUT2D eigenvalue weighted by molar-refractivity contribution is 0.0952. The third-order valence-corrected chi connectivity index (χ3v) is 4.64. The number of carbonyl (C=O) groups excluding carboxylic acids is 1. The van der Waals surface area contributed by atoms with Crippen LogP contribution in [0.1, 0.15) is 28.0 Å². The normalized spacial score (nSPS) is 13.0. The van der Waals surface area contributed by atoms with Crippen LogP contribution in [0.15, 0.2) is 53.3 Å². The van der Waals surface area contributed by atoms with Crippen LogP contribution in [-0.2, 0) is 19.4 Å². The molecule has 0 unspecified atom stereocenters. The van der Waals surface area contributed by atoms with Crippen molar-refractivity contribution in [2.24, 2.45) is 0 Å². The quantitative estimate of drug-likeness (QED) is 0.797. The van der Waals surface area contributed by atoms with E-state index in [1.807, 2.05) is 42.5 Å². The van der Waals surface area contributed by atoms with Gasteiger partial charge in [0.1, 0.15) is 0 Å². The largest absolute Gasteiger partial charge is 0.350 e. The maximum Gasteiger partial charge on any atom is 0.267 e. The molecule has 0 fully saturated rings. The lowest BCUT2D eigenvalue weighted by Gasteiger charge is -2.09. The van der Waals surface area contributed by atoms with Gasteiger partial charge >= 0.3 is 0 Å². The molecule has 5 nitrogen and oxygen atoms in total. The minimum Gasteiger partial charge on any atom is -0.350 e. The first-order chi connectivity index (χ1) is 12.2. The SMILES string of the molecule is O=C(NCCn1nc2c(cc1=O)CCC2)c1ccc2ccccc2c1. The smallest absolute Gasteiger partial charge is 0.267 e. The highest BCUT2D eigenvalue weighted by Crippen LogP contribution is 2.17. The topological polar surface area (TPSA) is 64.0 Å². The molecule has 0 atom stereocenters. The van der Waals surface area contributed by atoms with Crippen molar-refractivity contribution in [1.82, 2.24) is 15.1 Å². The fourth-order valence-electron chi connectivity index (χ4n) is 3.31. The summed E-state index contributed by atoms with van der Waals surface area (Å²) in [5, 5.41) is 9.42. The Balaban J connectivity index is 1.42. The van der Waals surface area contributed by atoms with Crippen molar-refractivity contribution in [1.29, 1.82) is 0 Å². The van der Waals surface area contributed by atoms with E-state index >= 15 is 0 Å². The van der Waals surface area contributed by atoms with Crippen molar-refractivity contribution in [3.05, 3.63) is 75.7 Å². The van der Waals surface area contributed by atoms with E-state index in [1.54, 1.807) is 6.07 Å². The molecule has 0 radical (unpaired) electrons. The summed E-state index contributed by atoms with van der Waals surface area (Å²) in [7, 11) is 0. The molecule has 1 aromatic heterocycles. The Hall–Kier alpha value is -2.95. The summed E-state index contributed by atoms with van der Waals surface area (Å²) in [6.45, 7) is 0.753. The van der Waals surface area contributed by atoms with E-state index in [1.165, 1.54) is 4.68 Å². The van der Waals surface area contributed by atoms with Gasteiger partial charge < -0.3 is 5.32 Å². The van der Waals surface area contributed by atoms with Gasteiger partial charge in [0.05, 0.1) is 12.2 Å². The van der Waals surface area contributed by atoms with Gasteiger partial charge in [-0.25, -0.2) is 4.68 Å². The summed E-state index contributed by atoms with van der Waals surface area (Å²) < 4.78 is 1.45. The molecule has 2 aromatic carbocycles. The number of carbonyl (C=O) groups is 1. The number of hydrogen-bond acceptors (Lipinski definition) is 3. The van der Waals surface area contributed by atoms with E-state index in [0.717, 1.165) is 41.3 Å². The highest BCUT2D eigenvalue weighted by Gasteiger charge is 2.14. The zero-order chi connectivity index (χ0) is 17.2. The summed E-state index contributed by atoms with van der Waals surface area (Å²) in [6, 6.07) is 15.3. The summed E-state index contributed by atoms with van der Waals surface area (Å²) >= 11 is 0. The number of aromatic nitrogens is 2. The first kappa shape index (κ1) is 15.6. The van der Waals surface area contributed by atoms with E-state index in [2.05, 4.69) is 10.4 Å². The number of aryl methyl sites for hydroxylation is 2. The number of rotatable bonds is 4. The molecule has 0 bridgehead atoms. The van der Waals surface area contributed by atoms with Crippen LogP contribution in [-0.4, -0.2) is 22.2 Å².